The number of aryl methyl sites for hydroxylation is 1. The van der Waals surface area contributed by atoms with Gasteiger partial charge in [-0.05, 0) is 42.3 Å². The van der Waals surface area contributed by atoms with Crippen LogP contribution in [0.1, 0.15) is 39.6 Å². The molecule has 3 amide bonds. The summed E-state index contributed by atoms with van der Waals surface area (Å²) in [6.45, 7) is 2.10. The van der Waals surface area contributed by atoms with Crippen LogP contribution in [0.25, 0.3) is 0 Å². The molecule has 0 bridgehead atoms. The molecule has 2 aromatic rings. The van der Waals surface area contributed by atoms with Gasteiger partial charge in [-0.25, -0.2) is 0 Å². The van der Waals surface area contributed by atoms with Gasteiger partial charge in [0, 0.05) is 23.1 Å². The number of hydrogen-bond donors (Lipinski definition) is 1. The van der Waals surface area contributed by atoms with Crippen molar-refractivity contribution in [2.75, 3.05) is 11.9 Å². The lowest BCUT2D eigenvalue weighted by Gasteiger charge is -2.13. The standard InChI is InChI=1S/C19H17BrN2O3/c1-2-12-4-3-5-14(10-12)21-17(23)8-9-22-18(24)15-7-6-13(20)11-16(15)19(22)25/h3-7,10-11H,2,8-9H2,1H3,(H,21,23). The molecule has 0 aliphatic carbocycles. The Morgan fingerprint density at radius 1 is 1.08 bits per heavy atom. The monoisotopic (exact) mass is 400 g/mol. The van der Waals surface area contributed by atoms with Gasteiger partial charge in [-0.1, -0.05) is 35.0 Å². The summed E-state index contributed by atoms with van der Waals surface area (Å²) in [6.07, 6.45) is 0.942. The van der Waals surface area contributed by atoms with E-state index in [4.69, 9.17) is 0 Å². The van der Waals surface area contributed by atoms with Gasteiger partial charge in [-0.15, -0.1) is 0 Å². The van der Waals surface area contributed by atoms with E-state index in [0.29, 0.717) is 11.1 Å². The van der Waals surface area contributed by atoms with Crippen LogP contribution in [0, 0.1) is 0 Å². The van der Waals surface area contributed by atoms with E-state index >= 15 is 0 Å². The fraction of sp³-hybridized carbons (Fsp3) is 0.211. The average Bonchev–Trinajstić information content (AvgIpc) is 2.83. The van der Waals surface area contributed by atoms with Crippen LogP contribution in [0.2, 0.25) is 0 Å². The summed E-state index contributed by atoms with van der Waals surface area (Å²) in [5.74, 6) is -0.943. The van der Waals surface area contributed by atoms with E-state index in [0.717, 1.165) is 27.0 Å². The van der Waals surface area contributed by atoms with Crippen molar-refractivity contribution in [2.45, 2.75) is 19.8 Å². The van der Waals surface area contributed by atoms with Crippen molar-refractivity contribution in [1.29, 1.82) is 0 Å². The first kappa shape index (κ1) is 17.4. The second-order valence-electron chi connectivity index (χ2n) is 5.80. The predicted octanol–water partition coefficient (Wildman–Crippen LogP) is 3.64. The van der Waals surface area contributed by atoms with Gasteiger partial charge < -0.3 is 5.32 Å². The van der Waals surface area contributed by atoms with Gasteiger partial charge in [0.05, 0.1) is 11.1 Å². The molecular formula is C19H17BrN2O3. The third-order valence-corrected chi connectivity index (χ3v) is 4.61. The molecular weight excluding hydrogens is 384 g/mol. The van der Waals surface area contributed by atoms with E-state index in [1.165, 1.54) is 0 Å². The molecule has 1 aliphatic heterocycles. The van der Waals surface area contributed by atoms with Crippen molar-refractivity contribution in [3.63, 3.8) is 0 Å². The molecule has 5 nitrogen and oxygen atoms in total. The Morgan fingerprint density at radius 3 is 2.60 bits per heavy atom. The molecule has 0 aromatic heterocycles. The van der Waals surface area contributed by atoms with Crippen molar-refractivity contribution >= 4 is 39.3 Å². The molecule has 0 saturated carbocycles. The van der Waals surface area contributed by atoms with E-state index in [-0.39, 0.29) is 30.7 Å². The molecule has 2 aromatic carbocycles. The Morgan fingerprint density at radius 2 is 1.84 bits per heavy atom. The van der Waals surface area contributed by atoms with E-state index in [2.05, 4.69) is 21.2 Å². The summed E-state index contributed by atoms with van der Waals surface area (Å²) in [7, 11) is 0. The zero-order valence-electron chi connectivity index (χ0n) is 13.7. The van der Waals surface area contributed by atoms with Crippen LogP contribution in [-0.4, -0.2) is 29.2 Å². The molecule has 3 rings (SSSR count). The number of imide groups is 1. The molecule has 0 radical (unpaired) electrons. The second-order valence-corrected chi connectivity index (χ2v) is 6.72. The lowest BCUT2D eigenvalue weighted by molar-refractivity contribution is -0.116. The number of nitrogens with zero attached hydrogens (tertiary/aromatic N) is 1. The maximum Gasteiger partial charge on any atom is 0.261 e. The lowest BCUT2D eigenvalue weighted by Crippen LogP contribution is -2.32. The van der Waals surface area contributed by atoms with Gasteiger partial charge in [-0.2, -0.15) is 0 Å². The highest BCUT2D eigenvalue weighted by Gasteiger charge is 2.35. The maximum absolute atomic E-state index is 12.4. The number of nitrogens with one attached hydrogen (secondary N) is 1. The minimum absolute atomic E-state index is 0.0585. The Labute approximate surface area is 154 Å². The van der Waals surface area contributed by atoms with Crippen molar-refractivity contribution in [2.24, 2.45) is 0 Å². The first-order chi connectivity index (χ1) is 12.0. The number of rotatable bonds is 5. The summed E-state index contributed by atoms with van der Waals surface area (Å²) < 4.78 is 0.739. The normalized spacial score (nSPS) is 13.1. The minimum atomic E-state index is -0.359. The molecule has 0 atom stereocenters. The smallest absolute Gasteiger partial charge is 0.261 e. The fourth-order valence-corrected chi connectivity index (χ4v) is 3.13. The molecule has 0 unspecified atom stereocenters. The van der Waals surface area contributed by atoms with Gasteiger partial charge in [-0.3, -0.25) is 19.3 Å². The second kappa shape index (κ2) is 7.19. The molecule has 0 spiro atoms. The van der Waals surface area contributed by atoms with Crippen LogP contribution < -0.4 is 5.32 Å². The topological polar surface area (TPSA) is 66.5 Å². The lowest BCUT2D eigenvalue weighted by atomic mass is 10.1. The van der Waals surface area contributed by atoms with Gasteiger partial charge >= 0.3 is 0 Å². The van der Waals surface area contributed by atoms with Crippen molar-refractivity contribution in [1.82, 2.24) is 4.90 Å². The first-order valence-corrected chi connectivity index (χ1v) is 8.83. The van der Waals surface area contributed by atoms with E-state index in [1.54, 1.807) is 18.2 Å². The number of carbonyl (C=O) groups is 3. The predicted molar refractivity (Wildman–Crippen MR) is 98.6 cm³/mol. The van der Waals surface area contributed by atoms with Crippen LogP contribution in [0.4, 0.5) is 5.69 Å². The van der Waals surface area contributed by atoms with Gasteiger partial charge in [0.1, 0.15) is 0 Å². The van der Waals surface area contributed by atoms with E-state index in [9.17, 15) is 14.4 Å². The van der Waals surface area contributed by atoms with Gasteiger partial charge in [0.2, 0.25) is 5.91 Å². The third kappa shape index (κ3) is 3.64. The van der Waals surface area contributed by atoms with Crippen LogP contribution in [-0.2, 0) is 11.2 Å². The van der Waals surface area contributed by atoms with Gasteiger partial charge in [0.25, 0.3) is 11.8 Å². The largest absolute Gasteiger partial charge is 0.326 e. The minimum Gasteiger partial charge on any atom is -0.326 e. The zero-order chi connectivity index (χ0) is 18.0. The number of hydrogen-bond acceptors (Lipinski definition) is 3. The number of fused-ring (bicyclic) bond motifs is 1. The number of benzene rings is 2. The Hall–Kier alpha value is -2.47. The number of halogens is 1. The highest BCUT2D eigenvalue weighted by Crippen LogP contribution is 2.26. The third-order valence-electron chi connectivity index (χ3n) is 4.11. The summed E-state index contributed by atoms with van der Waals surface area (Å²) in [4.78, 5) is 38.0. The first-order valence-electron chi connectivity index (χ1n) is 8.04. The number of amides is 3. The van der Waals surface area contributed by atoms with Gasteiger partial charge in [0.15, 0.2) is 0 Å². The van der Waals surface area contributed by atoms with Crippen molar-refractivity contribution in [3.05, 3.63) is 63.6 Å². The van der Waals surface area contributed by atoms with Crippen LogP contribution in [0.3, 0.4) is 0 Å². The summed E-state index contributed by atoms with van der Waals surface area (Å²) in [5.41, 5.74) is 2.60. The van der Waals surface area contributed by atoms with Crippen molar-refractivity contribution < 1.29 is 14.4 Å². The SMILES string of the molecule is CCc1cccc(NC(=O)CCN2C(=O)c3ccc(Br)cc3C2=O)c1. The molecule has 0 saturated heterocycles. The highest BCUT2D eigenvalue weighted by atomic mass is 79.9. The summed E-state index contributed by atoms with van der Waals surface area (Å²) in [5, 5.41) is 2.80. The van der Waals surface area contributed by atoms with Crippen LogP contribution in [0.15, 0.2) is 46.9 Å². The van der Waals surface area contributed by atoms with Crippen LogP contribution >= 0.6 is 15.9 Å². The maximum atomic E-state index is 12.4. The summed E-state index contributed by atoms with van der Waals surface area (Å²) >= 11 is 3.30. The summed E-state index contributed by atoms with van der Waals surface area (Å²) in [6, 6.07) is 12.6. The van der Waals surface area contributed by atoms with E-state index < -0.39 is 0 Å². The van der Waals surface area contributed by atoms with Crippen molar-refractivity contribution in [3.8, 4) is 0 Å². The zero-order valence-corrected chi connectivity index (χ0v) is 15.3. The van der Waals surface area contributed by atoms with Crippen LogP contribution in [0.5, 0.6) is 0 Å². The molecule has 6 heteroatoms. The molecule has 128 valence electrons. The Bertz CT molecular complexity index is 863. The molecule has 0 fully saturated rings. The highest BCUT2D eigenvalue weighted by molar-refractivity contribution is 9.10. The molecule has 1 N–H and O–H groups in total. The number of anilines is 1. The fourth-order valence-electron chi connectivity index (χ4n) is 2.77. The van der Waals surface area contributed by atoms with E-state index in [1.807, 2.05) is 31.2 Å². The average molecular weight is 401 g/mol. The number of carbonyl (C=O) groups excluding carboxylic acids is 3. The molecule has 25 heavy (non-hydrogen) atoms. The Balaban J connectivity index is 1.63. The Kier molecular flexibility index (Phi) is 4.99. The molecule has 1 aliphatic rings. The quantitative estimate of drug-likeness (QED) is 0.779. The molecule has 1 heterocycles.